The molecule has 1 amide bonds. The highest BCUT2D eigenvalue weighted by Crippen LogP contribution is 2.18. The second kappa shape index (κ2) is 11.4. The number of aromatic nitrogens is 2. The Hall–Kier alpha value is -4.62. The number of benzene rings is 4. The zero-order chi connectivity index (χ0) is 27.4. The Morgan fingerprint density at radius 3 is 2.33 bits per heavy atom. The maximum absolute atomic E-state index is 13.8. The number of rotatable bonds is 8. The smallest absolute Gasteiger partial charge is 0.336 e. The van der Waals surface area contributed by atoms with E-state index in [-0.39, 0.29) is 12.5 Å². The second-order valence-corrected chi connectivity index (χ2v) is 9.50. The van der Waals surface area contributed by atoms with Crippen LogP contribution >= 0.6 is 11.6 Å². The summed E-state index contributed by atoms with van der Waals surface area (Å²) in [4.78, 5) is 40.4. The quantitative estimate of drug-likeness (QED) is 0.306. The molecule has 8 heteroatoms. The first-order valence-electron chi connectivity index (χ1n) is 12.5. The van der Waals surface area contributed by atoms with E-state index in [9.17, 15) is 14.4 Å². The van der Waals surface area contributed by atoms with Crippen molar-refractivity contribution in [2.45, 2.75) is 13.0 Å². The van der Waals surface area contributed by atoms with E-state index in [1.165, 1.54) is 4.57 Å². The van der Waals surface area contributed by atoms with Gasteiger partial charge in [-0.1, -0.05) is 54.1 Å². The van der Waals surface area contributed by atoms with Crippen LogP contribution in [0.4, 0.5) is 0 Å². The number of hydrogen-bond acceptors (Lipinski definition) is 4. The molecule has 1 heterocycles. The van der Waals surface area contributed by atoms with Crippen molar-refractivity contribution in [3.63, 3.8) is 0 Å². The molecule has 0 unspecified atom stereocenters. The number of amides is 1. The Labute approximate surface area is 229 Å². The summed E-state index contributed by atoms with van der Waals surface area (Å²) in [6.45, 7) is 0.612. The van der Waals surface area contributed by atoms with Crippen molar-refractivity contribution in [2.24, 2.45) is 0 Å². The Kier molecular flexibility index (Phi) is 7.61. The molecule has 1 aromatic heterocycles. The number of methoxy groups -OCH3 is 1. The molecule has 196 valence electrons. The van der Waals surface area contributed by atoms with Gasteiger partial charge in [0.15, 0.2) is 0 Å². The lowest BCUT2D eigenvalue weighted by Gasteiger charge is -2.16. The van der Waals surface area contributed by atoms with Crippen LogP contribution in [0, 0.1) is 0 Å². The number of halogens is 1. The zero-order valence-corrected chi connectivity index (χ0v) is 22.0. The molecule has 39 heavy (non-hydrogen) atoms. The summed E-state index contributed by atoms with van der Waals surface area (Å²) in [6, 6.07) is 28.5. The SMILES string of the molecule is COc1ccc(-n2c(=O)c3ccc(C(=O)NCCc4ccccc4)cc3n(Cc3cccc(Cl)c3)c2=O)cc1. The molecule has 0 aliphatic carbocycles. The molecule has 0 aliphatic rings. The largest absolute Gasteiger partial charge is 0.497 e. The third-order valence-electron chi connectivity index (χ3n) is 6.51. The Morgan fingerprint density at radius 2 is 1.62 bits per heavy atom. The Balaban J connectivity index is 1.57. The van der Waals surface area contributed by atoms with Crippen molar-refractivity contribution in [2.75, 3.05) is 13.7 Å². The van der Waals surface area contributed by atoms with E-state index in [0.717, 1.165) is 15.7 Å². The fraction of sp³-hybridized carbons (Fsp3) is 0.129. The topological polar surface area (TPSA) is 82.3 Å². The monoisotopic (exact) mass is 539 g/mol. The summed E-state index contributed by atoms with van der Waals surface area (Å²) in [5.41, 5.74) is 2.03. The Bertz CT molecular complexity index is 1760. The third kappa shape index (κ3) is 5.63. The number of nitrogens with zero attached hydrogens (tertiary/aromatic N) is 2. The first-order chi connectivity index (χ1) is 18.9. The fourth-order valence-electron chi connectivity index (χ4n) is 4.50. The van der Waals surface area contributed by atoms with Gasteiger partial charge in [-0.15, -0.1) is 0 Å². The summed E-state index contributed by atoms with van der Waals surface area (Å²) < 4.78 is 7.84. The van der Waals surface area contributed by atoms with Crippen LogP contribution in [0.15, 0.2) is 107 Å². The van der Waals surface area contributed by atoms with Crippen LogP contribution in [0.1, 0.15) is 21.5 Å². The van der Waals surface area contributed by atoms with Gasteiger partial charge in [0, 0.05) is 17.1 Å². The number of ether oxygens (including phenoxy) is 1. The van der Waals surface area contributed by atoms with Gasteiger partial charge in [0.05, 0.1) is 30.2 Å². The number of hydrogen-bond donors (Lipinski definition) is 1. The minimum atomic E-state index is -0.528. The van der Waals surface area contributed by atoms with Crippen molar-refractivity contribution in [1.29, 1.82) is 0 Å². The van der Waals surface area contributed by atoms with Crippen LogP contribution in [-0.4, -0.2) is 28.7 Å². The van der Waals surface area contributed by atoms with Crippen LogP contribution in [0.3, 0.4) is 0 Å². The van der Waals surface area contributed by atoms with Crippen LogP contribution in [-0.2, 0) is 13.0 Å². The van der Waals surface area contributed by atoms with Crippen LogP contribution < -0.4 is 21.3 Å². The molecule has 0 radical (unpaired) electrons. The van der Waals surface area contributed by atoms with Crippen molar-refractivity contribution in [3.8, 4) is 11.4 Å². The molecule has 0 spiro atoms. The van der Waals surface area contributed by atoms with Crippen molar-refractivity contribution < 1.29 is 9.53 Å². The van der Waals surface area contributed by atoms with Crippen molar-refractivity contribution >= 4 is 28.4 Å². The van der Waals surface area contributed by atoms with Gasteiger partial charge in [0.2, 0.25) is 0 Å². The minimum Gasteiger partial charge on any atom is -0.497 e. The van der Waals surface area contributed by atoms with Gasteiger partial charge in [-0.25, -0.2) is 9.36 Å². The van der Waals surface area contributed by atoms with Gasteiger partial charge in [-0.3, -0.25) is 14.2 Å². The molecular weight excluding hydrogens is 514 g/mol. The first kappa shape index (κ1) is 26.0. The van der Waals surface area contributed by atoms with Crippen LogP contribution in [0.25, 0.3) is 16.6 Å². The molecule has 1 N–H and O–H groups in total. The summed E-state index contributed by atoms with van der Waals surface area (Å²) in [7, 11) is 1.55. The molecule has 5 aromatic rings. The Morgan fingerprint density at radius 1 is 0.872 bits per heavy atom. The lowest BCUT2D eigenvalue weighted by Crippen LogP contribution is -2.39. The summed E-state index contributed by atoms with van der Waals surface area (Å²) >= 11 is 6.20. The normalized spacial score (nSPS) is 10.9. The predicted molar refractivity (Wildman–Crippen MR) is 153 cm³/mol. The van der Waals surface area contributed by atoms with E-state index >= 15 is 0 Å². The highest BCUT2D eigenvalue weighted by molar-refractivity contribution is 6.30. The second-order valence-electron chi connectivity index (χ2n) is 9.06. The van der Waals surface area contributed by atoms with Gasteiger partial charge in [-0.2, -0.15) is 0 Å². The van der Waals surface area contributed by atoms with Gasteiger partial charge >= 0.3 is 5.69 Å². The fourth-order valence-corrected chi connectivity index (χ4v) is 4.72. The molecule has 0 saturated carbocycles. The van der Waals surface area contributed by atoms with E-state index in [4.69, 9.17) is 16.3 Å². The van der Waals surface area contributed by atoms with Gasteiger partial charge in [0.25, 0.3) is 11.5 Å². The van der Waals surface area contributed by atoms with E-state index in [0.29, 0.717) is 45.9 Å². The molecular formula is C31H26ClN3O4. The van der Waals surface area contributed by atoms with Crippen LogP contribution in [0.2, 0.25) is 5.02 Å². The van der Waals surface area contributed by atoms with E-state index in [1.54, 1.807) is 67.8 Å². The minimum absolute atomic E-state index is 0.158. The third-order valence-corrected chi connectivity index (χ3v) is 6.74. The maximum atomic E-state index is 13.8. The van der Waals surface area contributed by atoms with Gasteiger partial charge in [0.1, 0.15) is 5.75 Å². The molecule has 4 aromatic carbocycles. The standard InChI is InChI=1S/C31H26ClN3O4/c1-39-26-13-11-25(12-14-26)35-30(37)27-15-10-23(29(36)33-17-16-21-6-3-2-4-7-21)19-28(27)34(31(35)38)20-22-8-5-9-24(32)18-22/h2-15,18-19H,16-17,20H2,1H3,(H,33,36). The average molecular weight is 540 g/mol. The van der Waals surface area contributed by atoms with E-state index in [2.05, 4.69) is 5.32 Å². The maximum Gasteiger partial charge on any atom is 0.336 e. The molecule has 0 fully saturated rings. The first-order valence-corrected chi connectivity index (χ1v) is 12.8. The number of carbonyl (C=O) groups is 1. The highest BCUT2D eigenvalue weighted by Gasteiger charge is 2.17. The molecule has 7 nitrogen and oxygen atoms in total. The van der Waals surface area contributed by atoms with Crippen molar-refractivity contribution in [1.82, 2.24) is 14.5 Å². The summed E-state index contributed by atoms with van der Waals surface area (Å²) in [5.74, 6) is 0.323. The van der Waals surface area contributed by atoms with E-state index < -0.39 is 11.2 Å². The van der Waals surface area contributed by atoms with Gasteiger partial charge < -0.3 is 10.1 Å². The molecule has 0 saturated heterocycles. The van der Waals surface area contributed by atoms with Gasteiger partial charge in [-0.05, 0) is 72.1 Å². The molecule has 5 rings (SSSR count). The molecule has 0 atom stereocenters. The number of fused-ring (bicyclic) bond motifs is 1. The highest BCUT2D eigenvalue weighted by atomic mass is 35.5. The summed E-state index contributed by atoms with van der Waals surface area (Å²) in [5, 5.41) is 3.77. The van der Waals surface area contributed by atoms with E-state index in [1.807, 2.05) is 36.4 Å². The average Bonchev–Trinajstić information content (AvgIpc) is 2.96. The molecule has 0 aliphatic heterocycles. The lowest BCUT2D eigenvalue weighted by atomic mass is 10.1. The molecule has 0 bridgehead atoms. The number of carbonyl (C=O) groups excluding carboxylic acids is 1. The number of nitrogens with one attached hydrogen (secondary N) is 1. The van der Waals surface area contributed by atoms with Crippen molar-refractivity contribution in [3.05, 3.63) is 140 Å². The summed E-state index contributed by atoms with van der Waals surface area (Å²) in [6.07, 6.45) is 0.687. The van der Waals surface area contributed by atoms with Crippen LogP contribution in [0.5, 0.6) is 5.75 Å². The zero-order valence-electron chi connectivity index (χ0n) is 21.3. The lowest BCUT2D eigenvalue weighted by molar-refractivity contribution is 0.0954. The predicted octanol–water partition coefficient (Wildman–Crippen LogP) is 4.84.